The molecule has 1 rings (SSSR count). The van der Waals surface area contributed by atoms with E-state index in [1.165, 1.54) is 0 Å². The minimum atomic E-state index is -4.16. The molecule has 0 radical (unpaired) electrons. The fraction of sp³-hybridized carbons (Fsp3) is 0.750. The second-order valence-electron chi connectivity index (χ2n) is 3.56. The Hall–Kier alpha value is -1.35. The summed E-state index contributed by atoms with van der Waals surface area (Å²) in [5.74, 6) is -1.22. The van der Waals surface area contributed by atoms with Crippen LogP contribution < -0.4 is 4.72 Å². The van der Waals surface area contributed by atoms with Gasteiger partial charge in [0, 0.05) is 6.54 Å². The molecule has 2 N–H and O–H groups in total. The summed E-state index contributed by atoms with van der Waals surface area (Å²) in [6.45, 7) is 0.0727. The smallest absolute Gasteiger partial charge is 0.421 e. The van der Waals surface area contributed by atoms with Crippen LogP contribution in [0.25, 0.3) is 0 Å². The van der Waals surface area contributed by atoms with Crippen molar-refractivity contribution in [2.24, 2.45) is 0 Å². The third kappa shape index (κ3) is 3.30. The molecule has 0 unspecified atom stereocenters. The minimum absolute atomic E-state index is 0.0727. The van der Waals surface area contributed by atoms with Gasteiger partial charge in [-0.3, -0.25) is 4.79 Å². The van der Waals surface area contributed by atoms with Gasteiger partial charge in [-0.1, -0.05) is 0 Å². The van der Waals surface area contributed by atoms with Crippen LogP contribution in [0, 0.1) is 0 Å². The second-order valence-corrected chi connectivity index (χ2v) is 5.18. The number of hydrogen-bond donors (Lipinski definition) is 2. The highest BCUT2D eigenvalue weighted by atomic mass is 32.2. The fourth-order valence-electron chi connectivity index (χ4n) is 1.65. The molecule has 0 saturated carbocycles. The van der Waals surface area contributed by atoms with Gasteiger partial charge in [0.15, 0.2) is 0 Å². The first-order valence-electron chi connectivity index (χ1n) is 4.99. The van der Waals surface area contributed by atoms with E-state index in [0.29, 0.717) is 12.8 Å². The molecule has 98 valence electrons. The Morgan fingerprint density at radius 2 is 2.06 bits per heavy atom. The third-order valence-electron chi connectivity index (χ3n) is 2.45. The van der Waals surface area contributed by atoms with Gasteiger partial charge in [-0.2, -0.15) is 12.7 Å². The Bertz CT molecular complexity index is 406. The predicted molar refractivity (Wildman–Crippen MR) is 56.4 cm³/mol. The highest BCUT2D eigenvalue weighted by Crippen LogP contribution is 2.19. The first-order chi connectivity index (χ1) is 7.88. The molecule has 1 aliphatic heterocycles. The summed E-state index contributed by atoms with van der Waals surface area (Å²) in [7, 11) is -3.14. The van der Waals surface area contributed by atoms with Gasteiger partial charge in [0.2, 0.25) is 0 Å². The molecule has 0 bridgehead atoms. The van der Waals surface area contributed by atoms with Crippen molar-refractivity contribution >= 4 is 22.3 Å². The van der Waals surface area contributed by atoms with Crippen LogP contribution in [-0.2, 0) is 19.7 Å². The molecule has 9 heteroatoms. The number of ether oxygens (including phenoxy) is 1. The molecule has 1 saturated heterocycles. The lowest BCUT2D eigenvalue weighted by atomic mass is 10.1. The normalized spacial score (nSPS) is 21.8. The zero-order valence-corrected chi connectivity index (χ0v) is 10.1. The van der Waals surface area contributed by atoms with Gasteiger partial charge in [0.25, 0.3) is 0 Å². The van der Waals surface area contributed by atoms with Crippen molar-refractivity contribution < 1.29 is 27.9 Å². The Morgan fingerprint density at radius 3 is 2.59 bits per heavy atom. The molecular weight excluding hydrogens is 252 g/mol. The van der Waals surface area contributed by atoms with Crippen molar-refractivity contribution in [3.63, 3.8) is 0 Å². The number of carboxylic acid groups (broad SMARTS) is 1. The van der Waals surface area contributed by atoms with Crippen molar-refractivity contribution in [2.45, 2.75) is 25.3 Å². The fourth-order valence-corrected chi connectivity index (χ4v) is 2.96. The number of methoxy groups -OCH3 is 1. The van der Waals surface area contributed by atoms with Crippen LogP contribution >= 0.6 is 0 Å². The number of carbonyl (C=O) groups excluding carboxylic acids is 1. The maximum atomic E-state index is 11.7. The molecule has 8 nitrogen and oxygen atoms in total. The van der Waals surface area contributed by atoms with Crippen LogP contribution in [0.1, 0.15) is 19.3 Å². The number of rotatable bonds is 3. The van der Waals surface area contributed by atoms with E-state index in [-0.39, 0.29) is 13.0 Å². The maximum absolute atomic E-state index is 11.7. The van der Waals surface area contributed by atoms with Crippen molar-refractivity contribution in [3.8, 4) is 0 Å². The number of nitrogens with zero attached hydrogens (tertiary/aromatic N) is 1. The first-order valence-corrected chi connectivity index (χ1v) is 6.43. The van der Waals surface area contributed by atoms with E-state index >= 15 is 0 Å². The topological polar surface area (TPSA) is 113 Å². The molecule has 1 heterocycles. The van der Waals surface area contributed by atoms with Gasteiger partial charge in [-0.05, 0) is 19.3 Å². The number of amides is 1. The largest absolute Gasteiger partial charge is 0.480 e. The number of carboxylic acids is 1. The van der Waals surface area contributed by atoms with Gasteiger partial charge < -0.3 is 9.84 Å². The summed E-state index contributed by atoms with van der Waals surface area (Å²) in [4.78, 5) is 21.8. The Balaban J connectivity index is 2.87. The lowest BCUT2D eigenvalue weighted by Crippen LogP contribution is -2.53. The standard InChI is InChI=1S/C8H14N2O6S/c1-16-8(13)9-17(14,15)10-5-3-2-4-6(10)7(11)12/h6H,2-5H2,1H3,(H,9,13)(H,11,12)/t6-/m0/s1. The average molecular weight is 266 g/mol. The number of piperidine rings is 1. The van der Waals surface area contributed by atoms with Gasteiger partial charge in [0.05, 0.1) is 7.11 Å². The zero-order valence-electron chi connectivity index (χ0n) is 9.25. The average Bonchev–Trinajstić information content (AvgIpc) is 2.28. The molecule has 0 aromatic heterocycles. The Kier molecular flexibility index (Phi) is 4.29. The summed E-state index contributed by atoms with van der Waals surface area (Å²) in [5, 5.41) is 8.91. The van der Waals surface area contributed by atoms with E-state index in [9.17, 15) is 18.0 Å². The van der Waals surface area contributed by atoms with Gasteiger partial charge in [-0.25, -0.2) is 9.52 Å². The van der Waals surface area contributed by atoms with E-state index in [2.05, 4.69) is 4.74 Å². The van der Waals surface area contributed by atoms with Crippen molar-refractivity contribution in [1.82, 2.24) is 9.03 Å². The number of nitrogens with one attached hydrogen (secondary N) is 1. The SMILES string of the molecule is COC(=O)NS(=O)(=O)N1CCCC[C@H]1C(=O)O. The van der Waals surface area contributed by atoms with E-state index in [1.807, 2.05) is 0 Å². The summed E-state index contributed by atoms with van der Waals surface area (Å²) < 4.78 is 30.0. The molecule has 0 aliphatic carbocycles. The molecule has 1 atom stereocenters. The highest BCUT2D eigenvalue weighted by Gasteiger charge is 2.37. The molecule has 17 heavy (non-hydrogen) atoms. The molecule has 1 amide bonds. The molecule has 1 aliphatic rings. The molecule has 0 aromatic rings. The highest BCUT2D eigenvalue weighted by molar-refractivity contribution is 7.87. The van der Waals surface area contributed by atoms with E-state index in [0.717, 1.165) is 11.4 Å². The van der Waals surface area contributed by atoms with Gasteiger partial charge >= 0.3 is 22.3 Å². The quantitative estimate of drug-likeness (QED) is 0.713. The lowest BCUT2D eigenvalue weighted by Gasteiger charge is -2.31. The molecular formula is C8H14N2O6S. The van der Waals surface area contributed by atoms with Gasteiger partial charge in [-0.15, -0.1) is 0 Å². The van der Waals surface area contributed by atoms with E-state index < -0.39 is 28.3 Å². The van der Waals surface area contributed by atoms with Crippen LogP contribution in [0.2, 0.25) is 0 Å². The van der Waals surface area contributed by atoms with Crippen LogP contribution in [-0.4, -0.2) is 49.6 Å². The van der Waals surface area contributed by atoms with Crippen LogP contribution in [0.3, 0.4) is 0 Å². The summed E-state index contributed by atoms with van der Waals surface area (Å²) in [6.07, 6.45) is 0.296. The summed E-state index contributed by atoms with van der Waals surface area (Å²) in [5.41, 5.74) is 0. The van der Waals surface area contributed by atoms with E-state index in [4.69, 9.17) is 5.11 Å². The number of aliphatic carboxylic acids is 1. The van der Waals surface area contributed by atoms with Crippen molar-refractivity contribution in [2.75, 3.05) is 13.7 Å². The second kappa shape index (κ2) is 5.32. The van der Waals surface area contributed by atoms with Crippen molar-refractivity contribution in [1.29, 1.82) is 0 Å². The lowest BCUT2D eigenvalue weighted by molar-refractivity contribution is -0.142. The predicted octanol–water partition coefficient (Wildman–Crippen LogP) is -0.474. The number of carbonyl (C=O) groups is 2. The summed E-state index contributed by atoms with van der Waals surface area (Å²) >= 11 is 0. The monoisotopic (exact) mass is 266 g/mol. The van der Waals surface area contributed by atoms with Gasteiger partial charge in [0.1, 0.15) is 6.04 Å². The maximum Gasteiger partial charge on any atom is 0.421 e. The Morgan fingerprint density at radius 1 is 1.41 bits per heavy atom. The Labute approximate surface area is 98.7 Å². The number of hydrogen-bond acceptors (Lipinski definition) is 5. The van der Waals surface area contributed by atoms with Crippen LogP contribution in [0.15, 0.2) is 0 Å². The summed E-state index contributed by atoms with van der Waals surface area (Å²) in [6, 6.07) is -1.13. The third-order valence-corrected chi connectivity index (χ3v) is 3.92. The van der Waals surface area contributed by atoms with Crippen LogP contribution in [0.4, 0.5) is 4.79 Å². The molecule has 0 aromatic carbocycles. The molecule has 1 fully saturated rings. The van der Waals surface area contributed by atoms with E-state index in [1.54, 1.807) is 4.72 Å². The minimum Gasteiger partial charge on any atom is -0.480 e. The molecule has 0 spiro atoms. The van der Waals surface area contributed by atoms with Crippen molar-refractivity contribution in [3.05, 3.63) is 0 Å². The van der Waals surface area contributed by atoms with Crippen LogP contribution in [0.5, 0.6) is 0 Å². The zero-order chi connectivity index (χ0) is 13.1. The first kappa shape index (κ1) is 13.7.